The summed E-state index contributed by atoms with van der Waals surface area (Å²) in [5.41, 5.74) is 0.253. The Balaban J connectivity index is 1.53. The van der Waals surface area contributed by atoms with Crippen molar-refractivity contribution in [3.63, 3.8) is 0 Å². The average Bonchev–Trinajstić information content (AvgIpc) is 2.70. The maximum absolute atomic E-state index is 12.6. The Labute approximate surface area is 156 Å². The van der Waals surface area contributed by atoms with E-state index in [1.165, 1.54) is 12.4 Å². The smallest absolute Gasteiger partial charge is 0.322 e. The molecule has 27 heavy (non-hydrogen) atoms. The first-order valence-electron chi connectivity index (χ1n) is 8.17. The number of anilines is 1. The standard InChI is InChI=1S/C20H15N3O3S/c24-27(25,19-11-10-15-6-4-5-7-16(15)12-19)23-17-13-21-20(22-14-17)26-18-8-2-1-3-9-18/h1-14,23H. The molecule has 0 saturated heterocycles. The van der Waals surface area contributed by atoms with Crippen molar-refractivity contribution in [2.45, 2.75) is 4.90 Å². The van der Waals surface area contributed by atoms with E-state index in [4.69, 9.17) is 4.74 Å². The normalized spacial score (nSPS) is 11.3. The molecule has 0 atom stereocenters. The minimum absolute atomic E-state index is 0.134. The lowest BCUT2D eigenvalue weighted by Crippen LogP contribution is -2.13. The predicted octanol–water partition coefficient (Wildman–Crippen LogP) is 4.22. The molecule has 4 aromatic rings. The first-order valence-corrected chi connectivity index (χ1v) is 9.65. The van der Waals surface area contributed by atoms with Crippen LogP contribution in [0.25, 0.3) is 10.8 Å². The summed E-state index contributed by atoms with van der Waals surface area (Å²) < 4.78 is 33.2. The number of sulfonamides is 1. The van der Waals surface area contributed by atoms with Gasteiger partial charge in [0.1, 0.15) is 5.75 Å². The highest BCUT2D eigenvalue weighted by atomic mass is 32.2. The number of ether oxygens (including phenoxy) is 1. The van der Waals surface area contributed by atoms with Crippen molar-refractivity contribution in [3.8, 4) is 11.8 Å². The van der Waals surface area contributed by atoms with Gasteiger partial charge in [-0.1, -0.05) is 48.5 Å². The second kappa shape index (κ2) is 7.05. The number of rotatable bonds is 5. The van der Waals surface area contributed by atoms with Crippen LogP contribution in [-0.4, -0.2) is 18.4 Å². The molecular weight excluding hydrogens is 362 g/mol. The van der Waals surface area contributed by atoms with Gasteiger partial charge in [-0.3, -0.25) is 4.72 Å². The third-order valence-corrected chi connectivity index (χ3v) is 5.24. The fourth-order valence-electron chi connectivity index (χ4n) is 2.56. The minimum Gasteiger partial charge on any atom is -0.424 e. The first kappa shape index (κ1) is 17.0. The second-order valence-corrected chi connectivity index (χ2v) is 7.47. The molecule has 1 N–H and O–H groups in total. The van der Waals surface area contributed by atoms with Crippen molar-refractivity contribution in [1.82, 2.24) is 9.97 Å². The number of fused-ring (bicyclic) bond motifs is 1. The zero-order chi connectivity index (χ0) is 18.7. The van der Waals surface area contributed by atoms with Gasteiger partial charge in [-0.2, -0.15) is 0 Å². The highest BCUT2D eigenvalue weighted by molar-refractivity contribution is 7.92. The van der Waals surface area contributed by atoms with Crippen molar-refractivity contribution < 1.29 is 13.2 Å². The Hall–Kier alpha value is -3.45. The van der Waals surface area contributed by atoms with Crippen LogP contribution in [0.5, 0.6) is 11.8 Å². The molecule has 4 rings (SSSR count). The summed E-state index contributed by atoms with van der Waals surface area (Å²) in [5, 5.41) is 1.82. The Morgan fingerprint density at radius 1 is 0.778 bits per heavy atom. The zero-order valence-corrected chi connectivity index (χ0v) is 14.9. The van der Waals surface area contributed by atoms with E-state index in [0.29, 0.717) is 5.75 Å². The monoisotopic (exact) mass is 377 g/mol. The van der Waals surface area contributed by atoms with E-state index in [1.807, 2.05) is 42.5 Å². The van der Waals surface area contributed by atoms with Crippen LogP contribution in [0.1, 0.15) is 0 Å². The molecule has 0 aliphatic heterocycles. The largest absolute Gasteiger partial charge is 0.424 e. The zero-order valence-electron chi connectivity index (χ0n) is 14.1. The van der Waals surface area contributed by atoms with Gasteiger partial charge in [0.25, 0.3) is 10.0 Å². The van der Waals surface area contributed by atoms with E-state index in [2.05, 4.69) is 14.7 Å². The first-order chi connectivity index (χ1) is 13.1. The second-order valence-electron chi connectivity index (χ2n) is 5.78. The topological polar surface area (TPSA) is 81.2 Å². The number of para-hydroxylation sites is 1. The van der Waals surface area contributed by atoms with Crippen LogP contribution >= 0.6 is 0 Å². The predicted molar refractivity (Wildman–Crippen MR) is 103 cm³/mol. The molecule has 0 radical (unpaired) electrons. The fourth-order valence-corrected chi connectivity index (χ4v) is 3.63. The summed E-state index contributed by atoms with van der Waals surface area (Å²) in [7, 11) is -3.75. The molecular formula is C20H15N3O3S. The van der Waals surface area contributed by atoms with Crippen molar-refractivity contribution >= 4 is 26.5 Å². The van der Waals surface area contributed by atoms with Gasteiger partial charge in [-0.25, -0.2) is 18.4 Å². The third-order valence-electron chi connectivity index (χ3n) is 3.86. The highest BCUT2D eigenvalue weighted by Gasteiger charge is 2.15. The van der Waals surface area contributed by atoms with E-state index < -0.39 is 10.0 Å². The number of nitrogens with one attached hydrogen (secondary N) is 1. The maximum Gasteiger partial charge on any atom is 0.322 e. The third kappa shape index (κ3) is 3.88. The van der Waals surface area contributed by atoms with Crippen molar-refractivity contribution in [1.29, 1.82) is 0 Å². The molecule has 0 spiro atoms. The molecule has 7 heteroatoms. The Kier molecular flexibility index (Phi) is 4.43. The van der Waals surface area contributed by atoms with Gasteiger partial charge in [0.2, 0.25) is 0 Å². The summed E-state index contributed by atoms with van der Waals surface area (Å²) in [4.78, 5) is 8.25. The Bertz CT molecular complexity index is 1180. The average molecular weight is 377 g/mol. The van der Waals surface area contributed by atoms with E-state index in [0.717, 1.165) is 10.8 Å². The van der Waals surface area contributed by atoms with Crippen LogP contribution in [0.2, 0.25) is 0 Å². The van der Waals surface area contributed by atoms with Crippen LogP contribution in [-0.2, 0) is 10.0 Å². The maximum atomic E-state index is 12.6. The molecule has 0 saturated carbocycles. The summed E-state index contributed by atoms with van der Waals surface area (Å²) in [6, 6.07) is 21.8. The van der Waals surface area contributed by atoms with Crippen LogP contribution in [0.4, 0.5) is 5.69 Å². The Morgan fingerprint density at radius 2 is 1.44 bits per heavy atom. The minimum atomic E-state index is -3.75. The fraction of sp³-hybridized carbons (Fsp3) is 0. The summed E-state index contributed by atoms with van der Waals surface area (Å²) in [6.07, 6.45) is 2.73. The van der Waals surface area contributed by atoms with Crippen molar-refractivity contribution in [2.24, 2.45) is 0 Å². The van der Waals surface area contributed by atoms with E-state index >= 15 is 0 Å². The summed E-state index contributed by atoms with van der Waals surface area (Å²) >= 11 is 0. The molecule has 1 heterocycles. The number of aromatic nitrogens is 2. The SMILES string of the molecule is O=S(=O)(Nc1cnc(Oc2ccccc2)nc1)c1ccc2ccccc2c1. The van der Waals surface area contributed by atoms with E-state index in [1.54, 1.807) is 30.3 Å². The van der Waals surface area contributed by atoms with Gasteiger partial charge < -0.3 is 4.74 Å². The number of hydrogen-bond acceptors (Lipinski definition) is 5. The van der Waals surface area contributed by atoms with E-state index in [9.17, 15) is 8.42 Å². The molecule has 0 aliphatic carbocycles. The molecule has 0 bridgehead atoms. The van der Waals surface area contributed by atoms with Crippen LogP contribution < -0.4 is 9.46 Å². The highest BCUT2D eigenvalue weighted by Crippen LogP contribution is 2.22. The quantitative estimate of drug-likeness (QED) is 0.563. The lowest BCUT2D eigenvalue weighted by molar-refractivity contribution is 0.442. The van der Waals surface area contributed by atoms with Crippen LogP contribution in [0, 0.1) is 0 Å². The van der Waals surface area contributed by atoms with Crippen molar-refractivity contribution in [2.75, 3.05) is 4.72 Å². The van der Waals surface area contributed by atoms with Gasteiger partial charge in [0.15, 0.2) is 0 Å². The lowest BCUT2D eigenvalue weighted by atomic mass is 10.1. The number of nitrogens with zero attached hydrogens (tertiary/aromatic N) is 2. The Morgan fingerprint density at radius 3 is 2.19 bits per heavy atom. The van der Waals surface area contributed by atoms with Gasteiger partial charge in [-0.15, -0.1) is 0 Å². The molecule has 3 aromatic carbocycles. The molecule has 1 aromatic heterocycles. The van der Waals surface area contributed by atoms with Gasteiger partial charge in [0, 0.05) is 0 Å². The molecule has 0 unspecified atom stereocenters. The lowest BCUT2D eigenvalue weighted by Gasteiger charge is -2.09. The summed E-state index contributed by atoms with van der Waals surface area (Å²) in [5.74, 6) is 0.599. The molecule has 0 amide bonds. The van der Waals surface area contributed by atoms with Gasteiger partial charge >= 0.3 is 6.01 Å². The molecule has 134 valence electrons. The number of hydrogen-bond donors (Lipinski definition) is 1. The van der Waals surface area contributed by atoms with Gasteiger partial charge in [0.05, 0.1) is 23.0 Å². The van der Waals surface area contributed by atoms with Crippen LogP contribution in [0.3, 0.4) is 0 Å². The van der Waals surface area contributed by atoms with Crippen molar-refractivity contribution in [3.05, 3.63) is 85.2 Å². The van der Waals surface area contributed by atoms with Crippen LogP contribution in [0.15, 0.2) is 90.1 Å². The van der Waals surface area contributed by atoms with Gasteiger partial charge in [-0.05, 0) is 35.0 Å². The molecule has 0 aliphatic rings. The van der Waals surface area contributed by atoms with E-state index in [-0.39, 0.29) is 16.6 Å². The molecule has 6 nitrogen and oxygen atoms in total. The molecule has 0 fully saturated rings. The number of benzene rings is 3. The summed E-state index contributed by atoms with van der Waals surface area (Å²) in [6.45, 7) is 0.